The maximum atomic E-state index is 13.3. The minimum atomic E-state index is -3.80. The van der Waals surface area contributed by atoms with Gasteiger partial charge in [0, 0.05) is 13.1 Å². The number of carbonyl (C=O) groups excluding carboxylic acids is 1. The summed E-state index contributed by atoms with van der Waals surface area (Å²) in [4.78, 5) is 11.4. The van der Waals surface area contributed by atoms with Gasteiger partial charge in [0.2, 0.25) is 10.0 Å². The lowest BCUT2D eigenvalue weighted by molar-refractivity contribution is -0.144. The highest BCUT2D eigenvalue weighted by Crippen LogP contribution is 2.29. The van der Waals surface area contributed by atoms with Crippen molar-refractivity contribution in [2.75, 3.05) is 25.9 Å². The minimum absolute atomic E-state index is 0.0353. The first kappa shape index (κ1) is 15.7. The first-order valence-corrected chi connectivity index (χ1v) is 7.85. The number of aryl methyl sites for hydroxylation is 1. The lowest BCUT2D eigenvalue weighted by Gasteiger charge is -2.18. The molecule has 6 nitrogen and oxygen atoms in total. The van der Waals surface area contributed by atoms with Gasteiger partial charge in [-0.1, -0.05) is 0 Å². The number of benzene rings is 1. The molecule has 0 spiro atoms. The Labute approximate surface area is 122 Å². The van der Waals surface area contributed by atoms with Gasteiger partial charge >= 0.3 is 5.97 Å². The Morgan fingerprint density at radius 1 is 1.48 bits per heavy atom. The van der Waals surface area contributed by atoms with Crippen molar-refractivity contribution < 1.29 is 22.3 Å². The van der Waals surface area contributed by atoms with Crippen LogP contribution in [-0.2, 0) is 19.6 Å². The van der Waals surface area contributed by atoms with Crippen molar-refractivity contribution >= 4 is 21.7 Å². The predicted octanol–water partition coefficient (Wildman–Crippen LogP) is 0.900. The molecule has 1 heterocycles. The van der Waals surface area contributed by atoms with Gasteiger partial charge in [0.25, 0.3) is 0 Å². The molecule has 2 N–H and O–H groups in total. The molecule has 0 bridgehead atoms. The molecular formula is C13H17FN2O4S. The standard InChI is InChI=1S/C13H17FN2O4S/c1-8-5-10(14)11(15)6-12(8)21(18,19)16-4-3-9(7-16)13(17)20-2/h5-6,9H,3-4,7,15H2,1-2H3. The summed E-state index contributed by atoms with van der Waals surface area (Å²) in [6, 6.07) is 2.21. The fourth-order valence-corrected chi connectivity index (χ4v) is 4.13. The zero-order valence-electron chi connectivity index (χ0n) is 11.8. The van der Waals surface area contributed by atoms with E-state index in [0.717, 1.165) is 12.1 Å². The van der Waals surface area contributed by atoms with Gasteiger partial charge in [0.1, 0.15) is 5.82 Å². The van der Waals surface area contributed by atoms with Crippen LogP contribution in [0.2, 0.25) is 0 Å². The quantitative estimate of drug-likeness (QED) is 0.661. The average molecular weight is 316 g/mol. The Hall–Kier alpha value is -1.67. The smallest absolute Gasteiger partial charge is 0.310 e. The van der Waals surface area contributed by atoms with Crippen LogP contribution in [0, 0.1) is 18.7 Å². The van der Waals surface area contributed by atoms with Crippen molar-refractivity contribution in [3.05, 3.63) is 23.5 Å². The Morgan fingerprint density at radius 3 is 2.76 bits per heavy atom. The number of nitrogens with zero attached hydrogens (tertiary/aromatic N) is 1. The molecule has 1 aliphatic rings. The number of anilines is 1. The number of esters is 1. The molecule has 0 aromatic heterocycles. The van der Waals surface area contributed by atoms with Crippen LogP contribution in [0.1, 0.15) is 12.0 Å². The molecule has 1 fully saturated rings. The minimum Gasteiger partial charge on any atom is -0.469 e. The fraction of sp³-hybridized carbons (Fsp3) is 0.462. The Morgan fingerprint density at radius 2 is 2.14 bits per heavy atom. The van der Waals surface area contributed by atoms with Crippen LogP contribution in [0.25, 0.3) is 0 Å². The maximum Gasteiger partial charge on any atom is 0.310 e. The molecule has 0 radical (unpaired) electrons. The maximum absolute atomic E-state index is 13.3. The van der Waals surface area contributed by atoms with Crippen LogP contribution < -0.4 is 5.73 Å². The summed E-state index contributed by atoms with van der Waals surface area (Å²) in [5.41, 5.74) is 5.51. The molecule has 1 aliphatic heterocycles. The van der Waals surface area contributed by atoms with Gasteiger partial charge in [0.05, 0.1) is 23.6 Å². The summed E-state index contributed by atoms with van der Waals surface area (Å²) in [5, 5.41) is 0. The highest BCUT2D eigenvalue weighted by Gasteiger charge is 2.37. The van der Waals surface area contributed by atoms with E-state index in [1.807, 2.05) is 0 Å². The topological polar surface area (TPSA) is 89.7 Å². The van der Waals surface area contributed by atoms with Crippen molar-refractivity contribution in [2.24, 2.45) is 5.92 Å². The van der Waals surface area contributed by atoms with Crippen LogP contribution >= 0.6 is 0 Å². The number of nitrogens with two attached hydrogens (primary N) is 1. The summed E-state index contributed by atoms with van der Waals surface area (Å²) in [6.45, 7) is 1.79. The number of sulfonamides is 1. The number of methoxy groups -OCH3 is 1. The molecular weight excluding hydrogens is 299 g/mol. The van der Waals surface area contributed by atoms with E-state index >= 15 is 0 Å². The van der Waals surface area contributed by atoms with E-state index < -0.39 is 27.7 Å². The zero-order chi connectivity index (χ0) is 15.8. The molecule has 0 amide bonds. The summed E-state index contributed by atoms with van der Waals surface area (Å²) in [6.07, 6.45) is 0.404. The number of hydrogen-bond acceptors (Lipinski definition) is 5. The summed E-state index contributed by atoms with van der Waals surface area (Å²) in [7, 11) is -2.54. The predicted molar refractivity (Wildman–Crippen MR) is 74.4 cm³/mol. The van der Waals surface area contributed by atoms with Crippen LogP contribution in [0.3, 0.4) is 0 Å². The van der Waals surface area contributed by atoms with Crippen molar-refractivity contribution in [3.8, 4) is 0 Å². The van der Waals surface area contributed by atoms with Crippen molar-refractivity contribution in [3.63, 3.8) is 0 Å². The normalized spacial score (nSPS) is 19.7. The van der Waals surface area contributed by atoms with Gasteiger partial charge in [-0.05, 0) is 31.0 Å². The third-order valence-corrected chi connectivity index (χ3v) is 5.60. The number of hydrogen-bond donors (Lipinski definition) is 1. The van der Waals surface area contributed by atoms with Gasteiger partial charge in [0.15, 0.2) is 0 Å². The molecule has 116 valence electrons. The molecule has 0 saturated carbocycles. The molecule has 1 saturated heterocycles. The number of carbonyl (C=O) groups is 1. The number of halogens is 1. The highest BCUT2D eigenvalue weighted by atomic mass is 32.2. The Bertz CT molecular complexity index is 675. The molecule has 1 aromatic carbocycles. The van der Waals surface area contributed by atoms with E-state index in [0.29, 0.717) is 6.42 Å². The van der Waals surface area contributed by atoms with Crippen LogP contribution in [0.15, 0.2) is 17.0 Å². The molecule has 2 rings (SSSR count). The van der Waals surface area contributed by atoms with Gasteiger partial charge < -0.3 is 10.5 Å². The highest BCUT2D eigenvalue weighted by molar-refractivity contribution is 7.89. The molecule has 1 atom stereocenters. The lowest BCUT2D eigenvalue weighted by Crippen LogP contribution is -2.31. The van der Waals surface area contributed by atoms with Crippen LogP contribution in [0.4, 0.5) is 10.1 Å². The monoisotopic (exact) mass is 316 g/mol. The van der Waals surface area contributed by atoms with E-state index in [1.165, 1.54) is 18.3 Å². The Balaban J connectivity index is 2.32. The van der Waals surface area contributed by atoms with Crippen LogP contribution in [0.5, 0.6) is 0 Å². The van der Waals surface area contributed by atoms with E-state index in [2.05, 4.69) is 4.74 Å². The largest absolute Gasteiger partial charge is 0.469 e. The van der Waals surface area contributed by atoms with Gasteiger partial charge in [-0.2, -0.15) is 4.31 Å². The van der Waals surface area contributed by atoms with E-state index in [-0.39, 0.29) is 29.2 Å². The van der Waals surface area contributed by atoms with E-state index in [9.17, 15) is 17.6 Å². The van der Waals surface area contributed by atoms with E-state index in [4.69, 9.17) is 5.73 Å². The second-order valence-electron chi connectivity index (χ2n) is 5.01. The first-order valence-electron chi connectivity index (χ1n) is 6.41. The molecule has 0 aliphatic carbocycles. The molecule has 21 heavy (non-hydrogen) atoms. The molecule has 1 aromatic rings. The van der Waals surface area contributed by atoms with Gasteiger partial charge in [-0.25, -0.2) is 12.8 Å². The first-order chi connectivity index (χ1) is 9.77. The second kappa shape index (κ2) is 5.61. The Kier molecular flexibility index (Phi) is 4.20. The average Bonchev–Trinajstić information content (AvgIpc) is 2.92. The number of ether oxygens (including phenoxy) is 1. The SMILES string of the molecule is COC(=O)C1CCN(S(=O)(=O)c2cc(N)c(F)cc2C)C1. The van der Waals surface area contributed by atoms with E-state index in [1.54, 1.807) is 0 Å². The zero-order valence-corrected chi connectivity index (χ0v) is 12.6. The third kappa shape index (κ3) is 2.86. The van der Waals surface area contributed by atoms with Crippen molar-refractivity contribution in [1.29, 1.82) is 0 Å². The molecule has 8 heteroatoms. The number of rotatable bonds is 3. The third-order valence-electron chi connectivity index (χ3n) is 3.60. The van der Waals surface area contributed by atoms with Gasteiger partial charge in [-0.3, -0.25) is 4.79 Å². The summed E-state index contributed by atoms with van der Waals surface area (Å²) in [5.74, 6) is -1.55. The second-order valence-corrected chi connectivity index (χ2v) is 6.92. The molecule has 1 unspecified atom stereocenters. The van der Waals surface area contributed by atoms with Crippen molar-refractivity contribution in [2.45, 2.75) is 18.2 Å². The van der Waals surface area contributed by atoms with Crippen LogP contribution in [-0.4, -0.2) is 38.9 Å². The lowest BCUT2D eigenvalue weighted by atomic mass is 10.1. The summed E-state index contributed by atoms with van der Waals surface area (Å²) < 4.78 is 44.3. The summed E-state index contributed by atoms with van der Waals surface area (Å²) >= 11 is 0. The number of nitrogen functional groups attached to an aromatic ring is 1. The fourth-order valence-electron chi connectivity index (χ4n) is 2.39. The van der Waals surface area contributed by atoms with Crippen molar-refractivity contribution in [1.82, 2.24) is 4.31 Å². The van der Waals surface area contributed by atoms with Gasteiger partial charge in [-0.15, -0.1) is 0 Å².